The summed E-state index contributed by atoms with van der Waals surface area (Å²) < 4.78 is 45.2. The van der Waals surface area contributed by atoms with E-state index in [1.165, 1.54) is 0 Å². The van der Waals surface area contributed by atoms with Crippen molar-refractivity contribution in [3.63, 3.8) is 0 Å². The number of aryl methyl sites for hydroxylation is 1. The predicted octanol–water partition coefficient (Wildman–Crippen LogP) is 12.9. The molecule has 7 atom stereocenters. The maximum atomic E-state index is 13.6. The zero-order chi connectivity index (χ0) is 46.8. The second-order valence-corrected chi connectivity index (χ2v) is 26.1. The molecule has 0 bridgehead atoms. The topological polar surface area (TPSA) is 98.8 Å². The van der Waals surface area contributed by atoms with E-state index in [4.69, 9.17) is 32.8 Å². The fourth-order valence-electron chi connectivity index (χ4n) is 9.03. The molecule has 9 nitrogen and oxygen atoms in total. The first kappa shape index (κ1) is 50.6. The van der Waals surface area contributed by atoms with E-state index in [0.717, 1.165) is 74.5 Å². The van der Waals surface area contributed by atoms with E-state index in [9.17, 15) is 9.59 Å². The van der Waals surface area contributed by atoms with Crippen LogP contribution in [-0.4, -0.2) is 62.7 Å². The smallest absolute Gasteiger partial charge is 0.345 e. The summed E-state index contributed by atoms with van der Waals surface area (Å²) >= 11 is 0. The first-order valence-corrected chi connectivity index (χ1v) is 27.3. The molecule has 3 aliphatic heterocycles. The minimum absolute atomic E-state index is 0.0260. The Balaban J connectivity index is 1.11. The second-order valence-electron chi connectivity index (χ2n) is 21.3. The third-order valence-corrected chi connectivity index (χ3v) is 18.6. The quantitative estimate of drug-likeness (QED) is 0.0623. The standard InChI is InChI=1S/C55H78O9Si/c1-39(33-34-44-29-19-28-43(60-44)27-17-25-42-26-18-31-47-50(42)51(56)63-55(7,8)62-47)48(64-65(9,10)53(2,3)4)36-46(58-37-40-21-13-11-14-22-40)35-45-30-20-32-49(61-45)54(5,6)52(57)59-38-41-23-15-12-16-24-41/h11-16,18,21-24,26,31,33-34,39,43-46,48-49H,17,19-20,25,27-30,32,35-38H2,1-10H3/b34-33+/t39-,43-,44-,45-,46-,48+,49+/m0/s1. The van der Waals surface area contributed by atoms with Crippen LogP contribution >= 0.6 is 0 Å². The second kappa shape index (κ2) is 22.3. The van der Waals surface area contributed by atoms with E-state index in [1.807, 2.05) is 68.4 Å². The molecule has 2 fully saturated rings. The van der Waals surface area contributed by atoms with Crippen LogP contribution in [0.4, 0.5) is 0 Å². The van der Waals surface area contributed by atoms with Gasteiger partial charge in [0.2, 0.25) is 5.79 Å². The van der Waals surface area contributed by atoms with Crippen molar-refractivity contribution in [3.8, 4) is 5.75 Å². The van der Waals surface area contributed by atoms with E-state index in [2.05, 4.69) is 77.2 Å². The van der Waals surface area contributed by atoms with Crippen LogP contribution < -0.4 is 4.74 Å². The number of carbonyl (C=O) groups excluding carboxylic acids is 2. The number of benzene rings is 3. The van der Waals surface area contributed by atoms with Crippen molar-refractivity contribution < 1.29 is 42.4 Å². The highest BCUT2D eigenvalue weighted by molar-refractivity contribution is 6.74. The van der Waals surface area contributed by atoms with Crippen molar-refractivity contribution in [1.29, 1.82) is 0 Å². The van der Waals surface area contributed by atoms with Gasteiger partial charge in [0, 0.05) is 13.8 Å². The van der Waals surface area contributed by atoms with Crippen LogP contribution in [0.25, 0.3) is 0 Å². The zero-order valence-corrected chi connectivity index (χ0v) is 42.1. The molecule has 0 unspecified atom stereocenters. The van der Waals surface area contributed by atoms with Gasteiger partial charge in [0.05, 0.1) is 48.6 Å². The monoisotopic (exact) mass is 911 g/mol. The van der Waals surface area contributed by atoms with Gasteiger partial charge in [-0.3, -0.25) is 4.79 Å². The van der Waals surface area contributed by atoms with Gasteiger partial charge in [-0.05, 0) is 131 Å². The highest BCUT2D eigenvalue weighted by atomic mass is 28.4. The van der Waals surface area contributed by atoms with Crippen LogP contribution in [0, 0.1) is 11.3 Å². The van der Waals surface area contributed by atoms with Crippen LogP contribution in [0.3, 0.4) is 0 Å². The van der Waals surface area contributed by atoms with Crippen molar-refractivity contribution >= 4 is 20.3 Å². The Kier molecular flexibility index (Phi) is 17.4. The number of carbonyl (C=O) groups is 2. The number of cyclic esters (lactones) is 1. The van der Waals surface area contributed by atoms with Gasteiger partial charge in [0.1, 0.15) is 17.9 Å². The number of hydrogen-bond acceptors (Lipinski definition) is 9. The van der Waals surface area contributed by atoms with Gasteiger partial charge in [0.15, 0.2) is 8.32 Å². The highest BCUT2D eigenvalue weighted by Gasteiger charge is 2.44. The number of rotatable bonds is 20. The van der Waals surface area contributed by atoms with Crippen LogP contribution in [0.15, 0.2) is 91.0 Å². The number of fused-ring (bicyclic) bond motifs is 1. The van der Waals surface area contributed by atoms with E-state index < -0.39 is 19.5 Å². The molecule has 0 N–H and O–H groups in total. The molecule has 6 rings (SSSR count). The molecule has 3 aliphatic rings. The number of esters is 2. The van der Waals surface area contributed by atoms with Crippen molar-refractivity contribution in [2.75, 3.05) is 0 Å². The molecule has 3 heterocycles. The molecule has 0 aliphatic carbocycles. The summed E-state index contributed by atoms with van der Waals surface area (Å²) in [6.07, 6.45) is 14.0. The van der Waals surface area contributed by atoms with Crippen molar-refractivity contribution in [1.82, 2.24) is 0 Å². The molecule has 10 heteroatoms. The first-order chi connectivity index (χ1) is 30.8. The van der Waals surface area contributed by atoms with E-state index in [0.29, 0.717) is 30.8 Å². The average Bonchev–Trinajstić information content (AvgIpc) is 3.26. The minimum Gasteiger partial charge on any atom is -0.460 e. The molecule has 0 radical (unpaired) electrons. The predicted molar refractivity (Wildman–Crippen MR) is 259 cm³/mol. The van der Waals surface area contributed by atoms with E-state index >= 15 is 0 Å². The van der Waals surface area contributed by atoms with Crippen LogP contribution in [0.1, 0.15) is 147 Å². The molecule has 0 amide bonds. The lowest BCUT2D eigenvalue weighted by molar-refractivity contribution is -0.175. The summed E-state index contributed by atoms with van der Waals surface area (Å²) in [5.41, 5.74) is 2.80. The Bertz CT molecular complexity index is 2010. The lowest BCUT2D eigenvalue weighted by atomic mass is 9.81. The lowest BCUT2D eigenvalue weighted by Gasteiger charge is -2.42. The summed E-state index contributed by atoms with van der Waals surface area (Å²) in [5, 5.41) is 0.0260. The Morgan fingerprint density at radius 3 is 2.18 bits per heavy atom. The fourth-order valence-corrected chi connectivity index (χ4v) is 10.5. The summed E-state index contributed by atoms with van der Waals surface area (Å²) in [4.78, 5) is 26.5. The van der Waals surface area contributed by atoms with Gasteiger partial charge in [0.25, 0.3) is 0 Å². The third kappa shape index (κ3) is 14.3. The summed E-state index contributed by atoms with van der Waals surface area (Å²) in [5.74, 6) is -0.832. The van der Waals surface area contributed by atoms with Crippen LogP contribution in [-0.2, 0) is 52.5 Å². The van der Waals surface area contributed by atoms with Gasteiger partial charge >= 0.3 is 11.9 Å². The van der Waals surface area contributed by atoms with Crippen LogP contribution in [0.2, 0.25) is 18.1 Å². The summed E-state index contributed by atoms with van der Waals surface area (Å²) in [6.45, 7) is 22.0. The molecule has 65 heavy (non-hydrogen) atoms. The lowest BCUT2D eigenvalue weighted by Crippen LogP contribution is -2.47. The molecule has 3 aromatic rings. The summed E-state index contributed by atoms with van der Waals surface area (Å²) in [7, 11) is -2.20. The first-order valence-electron chi connectivity index (χ1n) is 24.4. The number of ether oxygens (including phenoxy) is 6. The third-order valence-electron chi connectivity index (χ3n) is 14.1. The van der Waals surface area contributed by atoms with Crippen molar-refractivity contribution in [2.45, 2.75) is 200 Å². The average molecular weight is 911 g/mol. The Morgan fingerprint density at radius 1 is 0.831 bits per heavy atom. The minimum atomic E-state index is -2.20. The Hall–Kier alpha value is -3.80. The molecule has 3 aromatic carbocycles. The molecular weight excluding hydrogens is 833 g/mol. The van der Waals surface area contributed by atoms with Crippen molar-refractivity contribution in [2.24, 2.45) is 11.3 Å². The largest absolute Gasteiger partial charge is 0.460 e. The van der Waals surface area contributed by atoms with Gasteiger partial charge in [-0.1, -0.05) is 113 Å². The van der Waals surface area contributed by atoms with E-state index in [1.54, 1.807) is 13.8 Å². The molecule has 0 aromatic heterocycles. The normalized spacial score (nSPS) is 22.9. The zero-order valence-electron chi connectivity index (χ0n) is 41.1. The molecule has 2 saturated heterocycles. The maximum Gasteiger partial charge on any atom is 0.345 e. The Morgan fingerprint density at radius 2 is 1.49 bits per heavy atom. The van der Waals surface area contributed by atoms with Gasteiger partial charge in [-0.25, -0.2) is 4.79 Å². The SMILES string of the molecule is C[C@@H](/C=C/[C@@H]1CCC[C@H](CCCc2cccc3c2C(=O)OC(C)(C)O3)O1)[C@@H](C[C@H](C[C@@H]1CCC[C@H](C(C)(C)C(=O)OCc2ccccc2)O1)OCc1ccccc1)O[Si](C)(C)C(C)(C)C. The molecule has 0 spiro atoms. The van der Waals surface area contributed by atoms with Crippen LogP contribution in [0.5, 0.6) is 5.75 Å². The molecule has 0 saturated carbocycles. The van der Waals surface area contributed by atoms with Gasteiger partial charge in [-0.2, -0.15) is 0 Å². The number of hydrogen-bond donors (Lipinski definition) is 0. The maximum absolute atomic E-state index is 13.6. The fraction of sp³-hybridized carbons (Fsp3) is 0.600. The molecular formula is C55H78O9Si. The summed E-state index contributed by atoms with van der Waals surface area (Å²) in [6, 6.07) is 26.0. The molecule has 356 valence electrons. The Labute approximate surface area is 391 Å². The van der Waals surface area contributed by atoms with E-state index in [-0.39, 0.29) is 66.1 Å². The van der Waals surface area contributed by atoms with Gasteiger partial charge < -0.3 is 32.8 Å². The highest BCUT2D eigenvalue weighted by Crippen LogP contribution is 2.41. The van der Waals surface area contributed by atoms with Crippen molar-refractivity contribution in [3.05, 3.63) is 113 Å². The van der Waals surface area contributed by atoms with Gasteiger partial charge in [-0.15, -0.1) is 0 Å².